The predicted molar refractivity (Wildman–Crippen MR) is 252 cm³/mol. The van der Waals surface area contributed by atoms with E-state index in [1.165, 1.54) is 23.6 Å². The number of aromatic amines is 1. The van der Waals surface area contributed by atoms with E-state index < -0.39 is 33.7 Å². The minimum Gasteiger partial charge on any atom is -0.467 e. The van der Waals surface area contributed by atoms with Crippen molar-refractivity contribution >= 4 is 67.1 Å². The third-order valence-electron chi connectivity index (χ3n) is 11.8. The van der Waals surface area contributed by atoms with Crippen LogP contribution < -0.4 is 19.1 Å². The van der Waals surface area contributed by atoms with Crippen LogP contribution in [0.1, 0.15) is 75.5 Å². The van der Waals surface area contributed by atoms with Crippen molar-refractivity contribution in [2.45, 2.75) is 76.7 Å². The highest BCUT2D eigenvalue weighted by Gasteiger charge is 2.32. The molecule has 65 heavy (non-hydrogen) atoms. The van der Waals surface area contributed by atoms with Crippen LogP contribution >= 0.6 is 22.9 Å². The van der Waals surface area contributed by atoms with E-state index in [9.17, 15) is 18.0 Å². The number of aromatic nitrogens is 3. The molecule has 2 aliphatic heterocycles. The van der Waals surface area contributed by atoms with Gasteiger partial charge in [-0.2, -0.15) is 5.10 Å². The molecule has 1 unspecified atom stereocenters. The molecule has 2 amide bonds. The number of fused-ring (bicyclic) bond motifs is 1. The molecule has 0 bridgehead atoms. The molecule has 0 spiro atoms. The Labute approximate surface area is 389 Å². The summed E-state index contributed by atoms with van der Waals surface area (Å²) in [5.41, 5.74) is 5.50. The largest absolute Gasteiger partial charge is 0.467 e. The number of nitrogens with one attached hydrogen (secondary N) is 2. The Morgan fingerprint density at radius 3 is 2.55 bits per heavy atom. The highest BCUT2D eigenvalue weighted by atomic mass is 35.5. The predicted octanol–water partition coefficient (Wildman–Crippen LogP) is 8.69. The number of aryl methyl sites for hydroxylation is 1. The summed E-state index contributed by atoms with van der Waals surface area (Å²) in [6.07, 6.45) is 3.93. The molecule has 5 aromatic rings. The summed E-state index contributed by atoms with van der Waals surface area (Å²) in [5, 5.41) is 8.62. The normalized spacial score (nSPS) is 18.5. The number of hydrogen-bond donors (Lipinski definition) is 2. The number of H-pyrrole nitrogens is 1. The number of thiazole rings is 1. The summed E-state index contributed by atoms with van der Waals surface area (Å²) in [6, 6.07) is 18.9. The first-order valence-electron chi connectivity index (χ1n) is 21.8. The number of benzene rings is 3. The summed E-state index contributed by atoms with van der Waals surface area (Å²) >= 11 is 7.05. The Morgan fingerprint density at radius 1 is 1.03 bits per heavy atom. The Balaban J connectivity index is 0.965. The van der Waals surface area contributed by atoms with Crippen LogP contribution in [-0.4, -0.2) is 116 Å². The molecule has 2 saturated heterocycles. The number of amides is 2. The van der Waals surface area contributed by atoms with Crippen LogP contribution in [0.4, 0.5) is 10.5 Å². The Morgan fingerprint density at radius 2 is 1.80 bits per heavy atom. The number of allylic oxidation sites excluding steroid dienone is 1. The van der Waals surface area contributed by atoms with Gasteiger partial charge < -0.3 is 28.7 Å². The van der Waals surface area contributed by atoms with Crippen LogP contribution in [0.3, 0.4) is 0 Å². The third-order valence-corrected chi connectivity index (χ3v) is 15.1. The molecular weight excluding hydrogens is 890 g/mol. The van der Waals surface area contributed by atoms with Crippen LogP contribution in [0.25, 0.3) is 16.5 Å². The van der Waals surface area contributed by atoms with Gasteiger partial charge in [0.05, 0.1) is 41.5 Å². The second-order valence-corrected chi connectivity index (χ2v) is 21.9. The summed E-state index contributed by atoms with van der Waals surface area (Å²) < 4.78 is 53.4. The molecule has 2 fully saturated rings. The number of carbonyl (C=O) groups excluding carboxylic acids is 2. The van der Waals surface area contributed by atoms with Crippen molar-refractivity contribution in [1.29, 1.82) is 0 Å². The number of anilines is 1. The second kappa shape index (κ2) is 19.0. The van der Waals surface area contributed by atoms with E-state index in [4.69, 9.17) is 30.5 Å². The van der Waals surface area contributed by atoms with Crippen molar-refractivity contribution in [3.05, 3.63) is 94.3 Å². The lowest BCUT2D eigenvalue weighted by molar-refractivity contribution is -0.0557. The van der Waals surface area contributed by atoms with Gasteiger partial charge in [0.25, 0.3) is 21.1 Å². The van der Waals surface area contributed by atoms with Gasteiger partial charge in [0, 0.05) is 56.0 Å². The fourth-order valence-corrected chi connectivity index (χ4v) is 10.8. The number of halogens is 1. The lowest BCUT2D eigenvalue weighted by Crippen LogP contribution is -2.49. The van der Waals surface area contributed by atoms with E-state index in [1.54, 1.807) is 50.1 Å². The van der Waals surface area contributed by atoms with E-state index in [0.29, 0.717) is 24.3 Å². The van der Waals surface area contributed by atoms with Crippen molar-refractivity contribution in [2.24, 2.45) is 5.41 Å². The zero-order valence-electron chi connectivity index (χ0n) is 37.6. The first-order valence-corrected chi connectivity index (χ1v) is 24.5. The Hall–Kier alpha value is -5.20. The molecule has 15 nitrogen and oxygen atoms in total. The summed E-state index contributed by atoms with van der Waals surface area (Å²) in [5.74, 6) is -0.233. The van der Waals surface area contributed by atoms with E-state index in [1.807, 2.05) is 30.3 Å². The third kappa shape index (κ3) is 11.3. The number of rotatable bonds is 12. The first-order chi connectivity index (χ1) is 30.9. The fraction of sp³-hybridized carbons (Fsp3) is 0.447. The van der Waals surface area contributed by atoms with E-state index in [-0.39, 0.29) is 45.0 Å². The molecule has 8 rings (SSSR count). The SMILES string of the molecule is Cc1nc(OCC2CN(C(=O)OC(C)(C)C)CCO2)sc1S(=O)(=O)NC(=O)c1ccc(N2CCN(CC3=C(c4ccc(Cl)cc4)CC(C)(C)CC3)CC2)cc1Oc1cccc2[nH]ncc12. The van der Waals surface area contributed by atoms with Crippen LogP contribution in [0.2, 0.25) is 5.02 Å². The standard InChI is InChI=1S/C47H56ClN7O8S2/c1-30-43(64-44(50-30)61-29-35-28-55(22-23-60-35)45(57)63-46(2,3)4)65(58,59)52-42(56)36-15-14-34(24-41(36)62-40-9-7-8-39-38(40)26-49-51-39)54-20-18-53(19-21-54)27-32-16-17-47(5,6)25-37(32)31-10-12-33(48)13-11-31/h7-15,24,26,35H,16-23,25,27-29H2,1-6H3,(H,49,51)(H,52,56). The second-order valence-electron chi connectivity index (χ2n) is 18.6. The van der Waals surface area contributed by atoms with Gasteiger partial charge in [-0.3, -0.25) is 14.8 Å². The number of nitrogens with zero attached hydrogens (tertiary/aromatic N) is 5. The van der Waals surface area contributed by atoms with Crippen LogP contribution in [0.5, 0.6) is 16.7 Å². The Bertz CT molecular complexity index is 2690. The maximum atomic E-state index is 14.1. The summed E-state index contributed by atoms with van der Waals surface area (Å²) in [6.45, 7) is 16.6. The fourth-order valence-electron chi connectivity index (χ4n) is 8.40. The number of carbonyl (C=O) groups is 2. The molecule has 3 aromatic carbocycles. The number of sulfonamides is 1. The molecule has 18 heteroatoms. The average Bonchev–Trinajstić information content (AvgIpc) is 3.91. The lowest BCUT2D eigenvalue weighted by Gasteiger charge is -2.39. The van der Waals surface area contributed by atoms with Crippen LogP contribution in [0, 0.1) is 12.3 Å². The molecule has 2 N–H and O–H groups in total. The maximum absolute atomic E-state index is 14.1. The zero-order chi connectivity index (χ0) is 46.1. The molecule has 0 saturated carbocycles. The van der Waals surface area contributed by atoms with Gasteiger partial charge in [-0.25, -0.2) is 22.9 Å². The summed E-state index contributed by atoms with van der Waals surface area (Å²) in [4.78, 5) is 37.3. The molecule has 1 atom stereocenters. The number of piperazine rings is 1. The molecule has 4 heterocycles. The molecule has 2 aromatic heterocycles. The monoisotopic (exact) mass is 945 g/mol. The van der Waals surface area contributed by atoms with Crippen LogP contribution in [0.15, 0.2) is 76.6 Å². The minimum absolute atomic E-state index is 0.0193. The highest BCUT2D eigenvalue weighted by molar-refractivity contribution is 7.92. The van der Waals surface area contributed by atoms with E-state index in [0.717, 1.165) is 79.5 Å². The van der Waals surface area contributed by atoms with Gasteiger partial charge in [-0.1, -0.05) is 60.6 Å². The quantitative estimate of drug-likeness (QED) is 0.122. The van der Waals surface area contributed by atoms with Crippen molar-refractivity contribution in [1.82, 2.24) is 29.7 Å². The number of morpholine rings is 1. The minimum atomic E-state index is -4.41. The number of ether oxygens (including phenoxy) is 4. The molecule has 0 radical (unpaired) electrons. The van der Waals surface area contributed by atoms with Gasteiger partial charge in [0.2, 0.25) is 0 Å². The smallest absolute Gasteiger partial charge is 0.410 e. The molecule has 346 valence electrons. The zero-order valence-corrected chi connectivity index (χ0v) is 40.0. The lowest BCUT2D eigenvalue weighted by atomic mass is 9.72. The van der Waals surface area contributed by atoms with Gasteiger partial charge in [0.1, 0.15) is 29.8 Å². The van der Waals surface area contributed by atoms with E-state index >= 15 is 0 Å². The van der Waals surface area contributed by atoms with Crippen molar-refractivity contribution in [2.75, 3.05) is 63.9 Å². The van der Waals surface area contributed by atoms with E-state index in [2.05, 4.69) is 55.7 Å². The van der Waals surface area contributed by atoms with Gasteiger partial charge in [-0.15, -0.1) is 0 Å². The van der Waals surface area contributed by atoms with Gasteiger partial charge in [0.15, 0.2) is 4.21 Å². The molecule has 1 aliphatic carbocycles. The van der Waals surface area contributed by atoms with Crippen LogP contribution in [-0.2, 0) is 19.5 Å². The first kappa shape index (κ1) is 46.3. The molecule has 3 aliphatic rings. The Kier molecular flexibility index (Phi) is 13.5. The van der Waals surface area contributed by atoms with Gasteiger partial charge in [-0.05, 0) is 99.9 Å². The van der Waals surface area contributed by atoms with Crippen molar-refractivity contribution in [3.63, 3.8) is 0 Å². The molecular formula is C47H56ClN7O8S2. The maximum Gasteiger partial charge on any atom is 0.410 e. The number of hydrogen-bond acceptors (Lipinski definition) is 13. The van der Waals surface area contributed by atoms with Gasteiger partial charge >= 0.3 is 6.09 Å². The highest BCUT2D eigenvalue weighted by Crippen LogP contribution is 2.44. The van der Waals surface area contributed by atoms with Crippen molar-refractivity contribution in [3.8, 4) is 16.7 Å². The average molecular weight is 947 g/mol. The topological polar surface area (TPSA) is 169 Å². The van der Waals surface area contributed by atoms with Crippen molar-refractivity contribution < 1.29 is 37.0 Å². The summed E-state index contributed by atoms with van der Waals surface area (Å²) in [7, 11) is -4.41.